The third-order valence-corrected chi connectivity index (χ3v) is 6.51. The van der Waals surface area contributed by atoms with Crippen LogP contribution in [0.5, 0.6) is 5.75 Å². The number of phenolic OH excluding ortho intramolecular Hbond substituents is 1. The normalized spacial score (nSPS) is 30.0. The summed E-state index contributed by atoms with van der Waals surface area (Å²) in [5.41, 5.74) is 0.928. The molecule has 1 amide bonds. The lowest BCUT2D eigenvalue weighted by Crippen LogP contribution is -2.47. The van der Waals surface area contributed by atoms with Crippen molar-refractivity contribution in [2.24, 2.45) is 0 Å². The molecule has 5 nitrogen and oxygen atoms in total. The monoisotopic (exact) mass is 358 g/mol. The molecule has 26 heavy (non-hydrogen) atoms. The second kappa shape index (κ2) is 7.57. The Morgan fingerprint density at radius 2 is 1.85 bits per heavy atom. The number of likely N-dealkylation sites (tertiary alicyclic amines) is 2. The maximum Gasteiger partial charge on any atom is 0.253 e. The van der Waals surface area contributed by atoms with Crippen LogP contribution in [0, 0.1) is 0 Å². The van der Waals surface area contributed by atoms with E-state index >= 15 is 0 Å². The van der Waals surface area contributed by atoms with Gasteiger partial charge >= 0.3 is 0 Å². The summed E-state index contributed by atoms with van der Waals surface area (Å²) in [7, 11) is 0. The number of ether oxygens (including phenoxy) is 1. The summed E-state index contributed by atoms with van der Waals surface area (Å²) in [5.74, 6) is 0.290. The Labute approximate surface area is 155 Å². The van der Waals surface area contributed by atoms with Crippen LogP contribution in [0.25, 0.3) is 0 Å². The van der Waals surface area contributed by atoms with Crippen LogP contribution >= 0.6 is 0 Å². The molecule has 1 aromatic carbocycles. The van der Waals surface area contributed by atoms with E-state index < -0.39 is 0 Å². The molecule has 3 aliphatic rings. The highest BCUT2D eigenvalue weighted by Crippen LogP contribution is 2.39. The van der Waals surface area contributed by atoms with E-state index in [4.69, 9.17) is 4.74 Å². The number of amides is 1. The lowest BCUT2D eigenvalue weighted by Gasteiger charge is -2.39. The van der Waals surface area contributed by atoms with Gasteiger partial charge in [-0.05, 0) is 75.8 Å². The molecule has 3 heterocycles. The van der Waals surface area contributed by atoms with Crippen molar-refractivity contribution in [1.29, 1.82) is 0 Å². The maximum atomic E-state index is 12.8. The molecule has 1 aromatic rings. The van der Waals surface area contributed by atoms with Gasteiger partial charge in [-0.3, -0.25) is 9.69 Å². The van der Waals surface area contributed by atoms with Gasteiger partial charge in [0.05, 0.1) is 6.10 Å². The minimum Gasteiger partial charge on any atom is -0.508 e. The average molecular weight is 358 g/mol. The molecule has 5 heteroatoms. The Morgan fingerprint density at radius 3 is 2.58 bits per heavy atom. The second-order valence-corrected chi connectivity index (χ2v) is 8.10. The topological polar surface area (TPSA) is 53.0 Å². The van der Waals surface area contributed by atoms with Crippen LogP contribution in [0.4, 0.5) is 0 Å². The fourth-order valence-corrected chi connectivity index (χ4v) is 5.05. The summed E-state index contributed by atoms with van der Waals surface area (Å²) in [4.78, 5) is 17.5. The van der Waals surface area contributed by atoms with Crippen molar-refractivity contribution in [3.05, 3.63) is 29.8 Å². The fraction of sp³-hybridized carbons (Fsp3) is 0.667. The van der Waals surface area contributed by atoms with Crippen LogP contribution in [-0.2, 0) is 4.74 Å². The van der Waals surface area contributed by atoms with Crippen LogP contribution in [0.3, 0.4) is 0 Å². The van der Waals surface area contributed by atoms with Gasteiger partial charge in [-0.15, -0.1) is 0 Å². The maximum absolute atomic E-state index is 12.8. The van der Waals surface area contributed by atoms with Gasteiger partial charge in [-0.25, -0.2) is 0 Å². The van der Waals surface area contributed by atoms with E-state index in [0.29, 0.717) is 11.7 Å². The molecule has 1 N–H and O–H groups in total. The van der Waals surface area contributed by atoms with Crippen LogP contribution in [-0.4, -0.2) is 65.2 Å². The molecular formula is C21H30N2O3. The number of nitrogens with zero attached hydrogens (tertiary/aromatic N) is 2. The van der Waals surface area contributed by atoms with Crippen molar-refractivity contribution in [3.8, 4) is 5.75 Å². The molecule has 3 aliphatic heterocycles. The summed E-state index contributed by atoms with van der Waals surface area (Å²) >= 11 is 0. The minimum absolute atomic E-state index is 0.0886. The zero-order valence-electron chi connectivity index (χ0n) is 15.5. The number of rotatable bonds is 3. The molecule has 4 rings (SSSR count). The fourth-order valence-electron chi connectivity index (χ4n) is 5.05. The van der Waals surface area contributed by atoms with Crippen molar-refractivity contribution < 1.29 is 14.6 Å². The summed E-state index contributed by atoms with van der Waals surface area (Å²) in [6.07, 6.45) is 8.61. The zero-order chi connectivity index (χ0) is 18.0. The number of aromatic hydroxyl groups is 1. The molecule has 1 spiro atoms. The van der Waals surface area contributed by atoms with Crippen molar-refractivity contribution in [1.82, 2.24) is 9.80 Å². The smallest absolute Gasteiger partial charge is 0.253 e. The highest BCUT2D eigenvalue weighted by atomic mass is 16.5. The number of hydrogen-bond donors (Lipinski definition) is 1. The predicted molar refractivity (Wildman–Crippen MR) is 100 cm³/mol. The summed E-state index contributed by atoms with van der Waals surface area (Å²) in [6.45, 7) is 4.80. The Kier molecular flexibility index (Phi) is 5.18. The molecule has 3 fully saturated rings. The first-order valence-electron chi connectivity index (χ1n) is 10.1. The molecule has 2 atom stereocenters. The van der Waals surface area contributed by atoms with E-state index in [0.717, 1.165) is 39.1 Å². The largest absolute Gasteiger partial charge is 0.508 e. The molecule has 142 valence electrons. The lowest BCUT2D eigenvalue weighted by atomic mass is 9.87. The van der Waals surface area contributed by atoms with Gasteiger partial charge in [0.15, 0.2) is 0 Å². The number of hydrogen-bond acceptors (Lipinski definition) is 4. The number of phenols is 1. The van der Waals surface area contributed by atoms with Crippen LogP contribution < -0.4 is 0 Å². The van der Waals surface area contributed by atoms with Crippen molar-refractivity contribution in [3.63, 3.8) is 0 Å². The Balaban J connectivity index is 1.41. The SMILES string of the molecule is O=C(c1ccc(O)cc1)N1CCC[C@@]2(CCCN2C[C@H]2CCCO2)CC1. The summed E-state index contributed by atoms with van der Waals surface area (Å²) in [5, 5.41) is 9.44. The predicted octanol–water partition coefficient (Wildman–Crippen LogP) is 3.03. The van der Waals surface area contributed by atoms with Gasteiger partial charge in [0.2, 0.25) is 0 Å². The number of carbonyl (C=O) groups excluding carboxylic acids is 1. The quantitative estimate of drug-likeness (QED) is 0.902. The third-order valence-electron chi connectivity index (χ3n) is 6.51. The Bertz CT molecular complexity index is 627. The molecule has 0 aromatic heterocycles. The van der Waals surface area contributed by atoms with E-state index in [-0.39, 0.29) is 17.2 Å². The van der Waals surface area contributed by atoms with Gasteiger partial charge < -0.3 is 14.7 Å². The van der Waals surface area contributed by atoms with E-state index in [2.05, 4.69) is 4.90 Å². The Morgan fingerprint density at radius 1 is 1.08 bits per heavy atom. The van der Waals surface area contributed by atoms with Crippen LogP contribution in [0.2, 0.25) is 0 Å². The van der Waals surface area contributed by atoms with Gasteiger partial charge in [0.1, 0.15) is 5.75 Å². The number of benzene rings is 1. The molecular weight excluding hydrogens is 328 g/mol. The molecule has 0 aliphatic carbocycles. The van der Waals surface area contributed by atoms with Gasteiger partial charge in [-0.1, -0.05) is 0 Å². The number of carbonyl (C=O) groups is 1. The standard InChI is InChI=1S/C21H30N2O3/c24-18-7-5-17(6-8-18)20(25)22-12-2-9-21(11-14-22)10-3-13-23(21)16-19-4-1-15-26-19/h5-8,19,24H,1-4,9-16H2/t19-,21-/m1/s1. The van der Waals surface area contributed by atoms with E-state index in [1.54, 1.807) is 24.3 Å². The first-order valence-corrected chi connectivity index (χ1v) is 10.1. The first kappa shape index (κ1) is 17.8. The summed E-state index contributed by atoms with van der Waals surface area (Å²) < 4.78 is 5.88. The molecule has 0 radical (unpaired) electrons. The third kappa shape index (κ3) is 3.60. The summed E-state index contributed by atoms with van der Waals surface area (Å²) in [6, 6.07) is 6.62. The Hall–Kier alpha value is -1.59. The van der Waals surface area contributed by atoms with Crippen molar-refractivity contribution in [2.75, 3.05) is 32.8 Å². The lowest BCUT2D eigenvalue weighted by molar-refractivity contribution is 0.0339. The zero-order valence-corrected chi connectivity index (χ0v) is 15.5. The minimum atomic E-state index is 0.0886. The highest BCUT2D eigenvalue weighted by Gasteiger charge is 2.43. The van der Waals surface area contributed by atoms with Crippen LogP contribution in [0.1, 0.15) is 55.3 Å². The first-order chi connectivity index (χ1) is 12.7. The highest BCUT2D eigenvalue weighted by molar-refractivity contribution is 5.94. The average Bonchev–Trinajstić information content (AvgIpc) is 3.23. The molecule has 0 saturated carbocycles. The second-order valence-electron chi connectivity index (χ2n) is 8.10. The van der Waals surface area contributed by atoms with Crippen LogP contribution in [0.15, 0.2) is 24.3 Å². The van der Waals surface area contributed by atoms with Crippen molar-refractivity contribution in [2.45, 2.75) is 56.6 Å². The van der Waals surface area contributed by atoms with Crippen molar-refractivity contribution >= 4 is 5.91 Å². The molecule has 0 bridgehead atoms. The van der Waals surface area contributed by atoms with E-state index in [9.17, 15) is 9.90 Å². The van der Waals surface area contributed by atoms with Gasteiger partial charge in [-0.2, -0.15) is 0 Å². The van der Waals surface area contributed by atoms with Gasteiger partial charge in [0, 0.05) is 37.3 Å². The molecule has 3 saturated heterocycles. The molecule has 0 unspecified atom stereocenters. The van der Waals surface area contributed by atoms with E-state index in [1.165, 1.54) is 38.6 Å². The van der Waals surface area contributed by atoms with E-state index in [1.807, 2.05) is 4.90 Å². The van der Waals surface area contributed by atoms with Gasteiger partial charge in [0.25, 0.3) is 5.91 Å².